The summed E-state index contributed by atoms with van der Waals surface area (Å²) in [6.07, 6.45) is 9.65. The van der Waals surface area contributed by atoms with Gasteiger partial charge in [-0.3, -0.25) is 4.90 Å². The number of hydrogen-bond acceptors (Lipinski definition) is 2. The van der Waals surface area contributed by atoms with Gasteiger partial charge in [-0.25, -0.2) is 0 Å². The molecular formula is C26H46N2. The smallest absolute Gasteiger partial charge is 0.0237 e. The lowest BCUT2D eigenvalue weighted by Gasteiger charge is -2.38. The Bertz CT molecular complexity index is 533. The summed E-state index contributed by atoms with van der Waals surface area (Å²) >= 11 is 0. The van der Waals surface area contributed by atoms with Gasteiger partial charge in [-0.05, 0) is 68.7 Å². The second-order valence-electron chi connectivity index (χ2n) is 10.4. The molecule has 0 aliphatic heterocycles. The molecule has 0 heterocycles. The molecule has 0 saturated heterocycles. The SMILES string of the molecule is CC(C)Cc1cccc(CN(CC2CCCCC2)[C@@H](CC(C)C)CN(C)C)c1. The van der Waals surface area contributed by atoms with Crippen molar-refractivity contribution in [3.8, 4) is 0 Å². The summed E-state index contributed by atoms with van der Waals surface area (Å²) < 4.78 is 0. The fourth-order valence-corrected chi connectivity index (χ4v) is 4.91. The van der Waals surface area contributed by atoms with Crippen molar-refractivity contribution in [2.45, 2.75) is 85.2 Å². The third kappa shape index (κ3) is 8.66. The van der Waals surface area contributed by atoms with E-state index in [2.05, 4.69) is 75.9 Å². The third-order valence-corrected chi connectivity index (χ3v) is 6.07. The molecule has 1 aromatic carbocycles. The zero-order valence-corrected chi connectivity index (χ0v) is 19.6. The van der Waals surface area contributed by atoms with Gasteiger partial charge in [0.15, 0.2) is 0 Å². The quantitative estimate of drug-likeness (QED) is 0.444. The highest BCUT2D eigenvalue weighted by atomic mass is 15.2. The molecule has 1 aliphatic carbocycles. The van der Waals surface area contributed by atoms with E-state index in [0.717, 1.165) is 30.8 Å². The second kappa shape index (κ2) is 12.0. The van der Waals surface area contributed by atoms with Crippen molar-refractivity contribution < 1.29 is 0 Å². The van der Waals surface area contributed by atoms with Gasteiger partial charge in [0.05, 0.1) is 0 Å². The molecule has 0 spiro atoms. The van der Waals surface area contributed by atoms with Gasteiger partial charge in [-0.1, -0.05) is 71.2 Å². The van der Waals surface area contributed by atoms with E-state index in [1.54, 1.807) is 0 Å². The summed E-state index contributed by atoms with van der Waals surface area (Å²) in [4.78, 5) is 5.22. The van der Waals surface area contributed by atoms with Crippen LogP contribution in [0.15, 0.2) is 24.3 Å². The molecule has 28 heavy (non-hydrogen) atoms. The predicted molar refractivity (Wildman–Crippen MR) is 124 cm³/mol. The molecule has 1 aromatic rings. The zero-order valence-electron chi connectivity index (χ0n) is 19.6. The lowest BCUT2D eigenvalue weighted by Crippen LogP contribution is -2.45. The Kier molecular flexibility index (Phi) is 10.0. The first-order chi connectivity index (χ1) is 13.3. The van der Waals surface area contributed by atoms with E-state index in [0.29, 0.717) is 6.04 Å². The van der Waals surface area contributed by atoms with Crippen molar-refractivity contribution in [2.75, 3.05) is 27.2 Å². The summed E-state index contributed by atoms with van der Waals surface area (Å²) in [6, 6.07) is 10.0. The monoisotopic (exact) mass is 386 g/mol. The predicted octanol–water partition coefficient (Wildman–Crippen LogP) is 6.24. The van der Waals surface area contributed by atoms with Crippen molar-refractivity contribution in [3.63, 3.8) is 0 Å². The van der Waals surface area contributed by atoms with Gasteiger partial charge in [-0.2, -0.15) is 0 Å². The van der Waals surface area contributed by atoms with Crippen LogP contribution in [0.1, 0.15) is 77.3 Å². The minimum atomic E-state index is 0.644. The topological polar surface area (TPSA) is 6.48 Å². The van der Waals surface area contributed by atoms with Crippen LogP contribution >= 0.6 is 0 Å². The number of hydrogen-bond donors (Lipinski definition) is 0. The minimum Gasteiger partial charge on any atom is -0.308 e. The van der Waals surface area contributed by atoms with Crippen LogP contribution in [0.2, 0.25) is 0 Å². The Labute approximate surface area is 175 Å². The summed E-state index contributed by atoms with van der Waals surface area (Å²) in [6.45, 7) is 12.9. The van der Waals surface area contributed by atoms with E-state index in [1.807, 2.05) is 0 Å². The average Bonchev–Trinajstić information content (AvgIpc) is 2.60. The lowest BCUT2D eigenvalue weighted by molar-refractivity contribution is 0.104. The first-order valence-corrected chi connectivity index (χ1v) is 11.8. The van der Waals surface area contributed by atoms with E-state index < -0.39 is 0 Å². The van der Waals surface area contributed by atoms with Crippen LogP contribution in [0.4, 0.5) is 0 Å². The van der Waals surface area contributed by atoms with Crippen LogP contribution in [0.5, 0.6) is 0 Å². The molecule has 0 N–H and O–H groups in total. The summed E-state index contributed by atoms with van der Waals surface area (Å²) in [5.41, 5.74) is 3.00. The van der Waals surface area contributed by atoms with Crippen LogP contribution in [0.25, 0.3) is 0 Å². The van der Waals surface area contributed by atoms with Crippen LogP contribution in [-0.4, -0.2) is 43.0 Å². The fraction of sp³-hybridized carbons (Fsp3) is 0.769. The van der Waals surface area contributed by atoms with Crippen LogP contribution in [0.3, 0.4) is 0 Å². The molecule has 2 rings (SSSR count). The van der Waals surface area contributed by atoms with E-state index >= 15 is 0 Å². The first kappa shape index (κ1) is 23.4. The molecule has 0 aromatic heterocycles. The maximum Gasteiger partial charge on any atom is 0.0237 e. The van der Waals surface area contributed by atoms with Gasteiger partial charge < -0.3 is 4.90 Å². The number of likely N-dealkylation sites (N-methyl/N-ethyl adjacent to an activating group) is 1. The van der Waals surface area contributed by atoms with Crippen molar-refractivity contribution in [1.29, 1.82) is 0 Å². The molecular weight excluding hydrogens is 340 g/mol. The Morgan fingerprint density at radius 2 is 1.61 bits per heavy atom. The van der Waals surface area contributed by atoms with Crippen LogP contribution < -0.4 is 0 Å². The minimum absolute atomic E-state index is 0.644. The maximum absolute atomic E-state index is 2.84. The molecule has 0 unspecified atom stereocenters. The highest BCUT2D eigenvalue weighted by molar-refractivity contribution is 5.24. The highest BCUT2D eigenvalue weighted by Gasteiger charge is 2.25. The van der Waals surface area contributed by atoms with Crippen molar-refractivity contribution in [3.05, 3.63) is 35.4 Å². The van der Waals surface area contributed by atoms with Gasteiger partial charge in [0.2, 0.25) is 0 Å². The van der Waals surface area contributed by atoms with Crippen molar-refractivity contribution in [2.24, 2.45) is 17.8 Å². The fourth-order valence-electron chi connectivity index (χ4n) is 4.91. The Balaban J connectivity index is 2.17. The first-order valence-electron chi connectivity index (χ1n) is 11.8. The maximum atomic E-state index is 2.84. The number of benzene rings is 1. The largest absolute Gasteiger partial charge is 0.308 e. The molecule has 2 heteroatoms. The molecule has 160 valence electrons. The molecule has 0 amide bonds. The average molecular weight is 387 g/mol. The summed E-state index contributed by atoms with van der Waals surface area (Å²) in [5.74, 6) is 2.35. The van der Waals surface area contributed by atoms with Gasteiger partial charge in [-0.15, -0.1) is 0 Å². The van der Waals surface area contributed by atoms with Crippen molar-refractivity contribution >= 4 is 0 Å². The van der Waals surface area contributed by atoms with Gasteiger partial charge in [0.25, 0.3) is 0 Å². The summed E-state index contributed by atoms with van der Waals surface area (Å²) in [5, 5.41) is 0. The Hall–Kier alpha value is -0.860. The van der Waals surface area contributed by atoms with Crippen LogP contribution in [-0.2, 0) is 13.0 Å². The van der Waals surface area contributed by atoms with Crippen molar-refractivity contribution in [1.82, 2.24) is 9.80 Å². The van der Waals surface area contributed by atoms with Gasteiger partial charge >= 0.3 is 0 Å². The zero-order chi connectivity index (χ0) is 20.5. The standard InChI is InChI=1S/C26H46N2/c1-21(2)15-24-13-10-14-25(17-24)19-28(18-23-11-8-7-9-12-23)26(16-22(3)4)20-27(5)6/h10,13-14,17,21-23,26H,7-9,11-12,15-16,18-20H2,1-6H3/t26-/m0/s1. The second-order valence-corrected chi connectivity index (χ2v) is 10.4. The summed E-state index contributed by atoms with van der Waals surface area (Å²) in [7, 11) is 4.46. The van der Waals surface area contributed by atoms with E-state index in [1.165, 1.54) is 62.6 Å². The third-order valence-electron chi connectivity index (χ3n) is 6.07. The number of nitrogens with zero attached hydrogens (tertiary/aromatic N) is 2. The van der Waals surface area contributed by atoms with Crippen LogP contribution in [0, 0.1) is 17.8 Å². The highest BCUT2D eigenvalue weighted by Crippen LogP contribution is 2.27. The molecule has 1 fully saturated rings. The normalized spacial score (nSPS) is 17.2. The molecule has 0 bridgehead atoms. The number of rotatable bonds is 11. The lowest BCUT2D eigenvalue weighted by atomic mass is 9.88. The Morgan fingerprint density at radius 3 is 2.21 bits per heavy atom. The van der Waals surface area contributed by atoms with E-state index in [-0.39, 0.29) is 0 Å². The molecule has 1 aliphatic rings. The molecule has 1 atom stereocenters. The molecule has 2 nitrogen and oxygen atoms in total. The van der Waals surface area contributed by atoms with Gasteiger partial charge in [0.1, 0.15) is 0 Å². The van der Waals surface area contributed by atoms with E-state index in [9.17, 15) is 0 Å². The molecule has 1 saturated carbocycles. The van der Waals surface area contributed by atoms with Gasteiger partial charge in [0, 0.05) is 25.7 Å². The Morgan fingerprint density at radius 1 is 0.929 bits per heavy atom. The molecule has 0 radical (unpaired) electrons. The van der Waals surface area contributed by atoms with E-state index in [4.69, 9.17) is 0 Å².